The summed E-state index contributed by atoms with van der Waals surface area (Å²) < 4.78 is 6.58. The highest BCUT2D eigenvalue weighted by atomic mass is 79.9. The number of carbonyl (C=O) groups is 1. The monoisotopic (exact) mass is 354 g/mol. The van der Waals surface area contributed by atoms with Gasteiger partial charge in [-0.05, 0) is 47.8 Å². The van der Waals surface area contributed by atoms with Gasteiger partial charge in [0.15, 0.2) is 6.10 Å². The maximum absolute atomic E-state index is 11.5. The molecular weight excluding hydrogens is 336 g/mol. The minimum atomic E-state index is -1.06. The van der Waals surface area contributed by atoms with E-state index in [1.807, 2.05) is 19.1 Å². The number of hydrogen-bond acceptors (Lipinski definition) is 4. The Morgan fingerprint density at radius 2 is 2.14 bits per heavy atom. The van der Waals surface area contributed by atoms with Crippen LogP contribution in [0, 0.1) is 0 Å². The van der Waals surface area contributed by atoms with E-state index in [-0.39, 0.29) is 5.91 Å². The lowest BCUT2D eigenvalue weighted by Crippen LogP contribution is -2.37. The zero-order valence-corrected chi connectivity index (χ0v) is 13.5. The van der Waals surface area contributed by atoms with Gasteiger partial charge in [0.2, 0.25) is 0 Å². The summed E-state index contributed by atoms with van der Waals surface area (Å²) in [5, 5.41) is 12.5. The molecule has 2 heterocycles. The molecule has 0 saturated carbocycles. The second kappa shape index (κ2) is 5.94. The number of nitrogens with zero attached hydrogens (tertiary/aromatic N) is 1. The molecule has 1 amide bonds. The van der Waals surface area contributed by atoms with Crippen LogP contribution in [0.2, 0.25) is 0 Å². The first kappa shape index (κ1) is 14.8. The number of nitrogens with one attached hydrogen (secondary N) is 1. The van der Waals surface area contributed by atoms with Crippen LogP contribution >= 0.6 is 15.9 Å². The molecule has 2 N–H and O–H groups in total. The fourth-order valence-corrected chi connectivity index (χ4v) is 3.61. The predicted octanol–water partition coefficient (Wildman–Crippen LogP) is 2.44. The minimum Gasteiger partial charge on any atom is -0.378 e. The summed E-state index contributed by atoms with van der Waals surface area (Å²) in [6, 6.07) is 3.77. The lowest BCUT2D eigenvalue weighted by atomic mass is 10.1. The average molecular weight is 355 g/mol. The van der Waals surface area contributed by atoms with Gasteiger partial charge in [0.1, 0.15) is 0 Å². The molecule has 1 aromatic rings. The van der Waals surface area contributed by atoms with Crippen molar-refractivity contribution in [1.29, 1.82) is 0 Å². The Balaban J connectivity index is 1.78. The Morgan fingerprint density at radius 1 is 1.43 bits per heavy atom. The topological polar surface area (TPSA) is 61.8 Å². The van der Waals surface area contributed by atoms with Crippen molar-refractivity contribution < 1.29 is 14.6 Å². The van der Waals surface area contributed by atoms with Crippen molar-refractivity contribution in [3.63, 3.8) is 0 Å². The molecule has 21 heavy (non-hydrogen) atoms. The number of fused-ring (bicyclic) bond motifs is 1. The summed E-state index contributed by atoms with van der Waals surface area (Å²) in [7, 11) is 0. The van der Waals surface area contributed by atoms with Crippen LogP contribution in [0.25, 0.3) is 0 Å². The zero-order chi connectivity index (χ0) is 15.0. The first-order valence-electron chi connectivity index (χ1n) is 7.29. The third kappa shape index (κ3) is 2.80. The number of halogens is 1. The van der Waals surface area contributed by atoms with Crippen LogP contribution < -0.4 is 10.2 Å². The number of aliphatic hydroxyl groups excluding tert-OH is 1. The summed E-state index contributed by atoms with van der Waals surface area (Å²) in [5.74, 6) is -0.357. The molecule has 1 unspecified atom stereocenters. The second-order valence-corrected chi connectivity index (χ2v) is 6.28. The third-order valence-corrected chi connectivity index (χ3v) is 4.74. The van der Waals surface area contributed by atoms with Gasteiger partial charge in [-0.3, -0.25) is 4.79 Å². The summed E-state index contributed by atoms with van der Waals surface area (Å²) in [6.07, 6.45) is 1.30. The van der Waals surface area contributed by atoms with E-state index in [2.05, 4.69) is 26.1 Å². The molecule has 0 radical (unpaired) electrons. The van der Waals surface area contributed by atoms with Crippen LogP contribution in [0.1, 0.15) is 31.4 Å². The number of ether oxygens (including phenoxy) is 1. The van der Waals surface area contributed by atoms with Crippen LogP contribution in [0.4, 0.5) is 11.4 Å². The highest BCUT2D eigenvalue weighted by Crippen LogP contribution is 2.39. The Labute approximate surface area is 132 Å². The summed E-state index contributed by atoms with van der Waals surface area (Å²) in [5.41, 5.74) is 2.40. The van der Waals surface area contributed by atoms with Crippen LogP contribution in [-0.2, 0) is 9.53 Å². The van der Waals surface area contributed by atoms with Gasteiger partial charge in [-0.15, -0.1) is 0 Å². The van der Waals surface area contributed by atoms with E-state index in [1.54, 1.807) is 0 Å². The molecule has 2 aliphatic heterocycles. The molecule has 0 bridgehead atoms. The normalized spacial score (nSPS) is 22.3. The summed E-state index contributed by atoms with van der Waals surface area (Å²) in [6.45, 7) is 4.64. The molecule has 1 atom stereocenters. The first-order valence-corrected chi connectivity index (χ1v) is 8.08. The average Bonchev–Trinajstić information content (AvgIpc) is 2.75. The molecule has 6 heteroatoms. The number of aliphatic hydroxyl groups is 1. The van der Waals surface area contributed by atoms with Crippen molar-refractivity contribution in [3.8, 4) is 0 Å². The van der Waals surface area contributed by atoms with Gasteiger partial charge in [0.25, 0.3) is 5.91 Å². The van der Waals surface area contributed by atoms with Gasteiger partial charge in [0.05, 0.1) is 11.8 Å². The number of piperidine rings is 1. The standard InChI is InChI=1S/C15H19BrN2O3/c1-2-21-9-3-5-18(6-4-9)13-8-12-10(7-11(13)16)14(19)15(20)17-12/h7-9,14,19H,2-6H2,1H3,(H,17,20). The van der Waals surface area contributed by atoms with Crippen molar-refractivity contribution in [2.45, 2.75) is 32.0 Å². The van der Waals surface area contributed by atoms with Crippen LogP contribution in [0.5, 0.6) is 0 Å². The van der Waals surface area contributed by atoms with Crippen molar-refractivity contribution in [2.24, 2.45) is 0 Å². The molecular formula is C15H19BrN2O3. The Hall–Kier alpha value is -1.11. The minimum absolute atomic E-state index is 0.348. The van der Waals surface area contributed by atoms with E-state index in [0.29, 0.717) is 17.4 Å². The van der Waals surface area contributed by atoms with Crippen LogP contribution in [0.15, 0.2) is 16.6 Å². The number of rotatable bonds is 3. The molecule has 0 spiro atoms. The fourth-order valence-electron chi connectivity index (χ4n) is 3.00. The van der Waals surface area contributed by atoms with Crippen molar-refractivity contribution in [2.75, 3.05) is 29.9 Å². The van der Waals surface area contributed by atoms with Crippen molar-refractivity contribution in [3.05, 3.63) is 22.2 Å². The van der Waals surface area contributed by atoms with Crippen LogP contribution in [-0.4, -0.2) is 36.8 Å². The van der Waals surface area contributed by atoms with Gasteiger partial charge < -0.3 is 20.1 Å². The number of carbonyl (C=O) groups excluding carboxylic acids is 1. The van der Waals surface area contributed by atoms with E-state index in [4.69, 9.17) is 4.74 Å². The quantitative estimate of drug-likeness (QED) is 0.874. The van der Waals surface area contributed by atoms with Gasteiger partial charge >= 0.3 is 0 Å². The van der Waals surface area contributed by atoms with Gasteiger partial charge in [-0.25, -0.2) is 0 Å². The second-order valence-electron chi connectivity index (χ2n) is 5.42. The maximum Gasteiger partial charge on any atom is 0.257 e. The Morgan fingerprint density at radius 3 is 2.81 bits per heavy atom. The number of hydrogen-bond donors (Lipinski definition) is 2. The largest absolute Gasteiger partial charge is 0.378 e. The maximum atomic E-state index is 11.5. The summed E-state index contributed by atoms with van der Waals surface area (Å²) in [4.78, 5) is 13.8. The molecule has 0 aliphatic carbocycles. The van der Waals surface area contributed by atoms with E-state index in [9.17, 15) is 9.90 Å². The van der Waals surface area contributed by atoms with E-state index >= 15 is 0 Å². The number of amides is 1. The number of anilines is 2. The molecule has 1 saturated heterocycles. The molecule has 5 nitrogen and oxygen atoms in total. The SMILES string of the molecule is CCOC1CCN(c2cc3c(cc2Br)C(O)C(=O)N3)CC1. The van der Waals surface area contributed by atoms with E-state index < -0.39 is 6.10 Å². The smallest absolute Gasteiger partial charge is 0.257 e. The molecule has 0 aromatic heterocycles. The lowest BCUT2D eigenvalue weighted by molar-refractivity contribution is -0.123. The molecule has 3 rings (SSSR count). The highest BCUT2D eigenvalue weighted by molar-refractivity contribution is 9.10. The van der Waals surface area contributed by atoms with Crippen molar-refractivity contribution >= 4 is 33.2 Å². The fraction of sp³-hybridized carbons (Fsp3) is 0.533. The Kier molecular flexibility index (Phi) is 4.19. The van der Waals surface area contributed by atoms with Gasteiger partial charge in [-0.1, -0.05) is 0 Å². The first-order chi connectivity index (χ1) is 10.1. The predicted molar refractivity (Wildman–Crippen MR) is 84.6 cm³/mol. The molecule has 2 aliphatic rings. The molecule has 1 aromatic carbocycles. The van der Waals surface area contributed by atoms with E-state index in [1.165, 1.54) is 0 Å². The van der Waals surface area contributed by atoms with Gasteiger partial charge in [0, 0.05) is 35.4 Å². The zero-order valence-electron chi connectivity index (χ0n) is 11.9. The third-order valence-electron chi connectivity index (χ3n) is 4.10. The molecule has 1 fully saturated rings. The van der Waals surface area contributed by atoms with Crippen molar-refractivity contribution in [1.82, 2.24) is 0 Å². The van der Waals surface area contributed by atoms with E-state index in [0.717, 1.165) is 42.7 Å². The number of benzene rings is 1. The molecule has 114 valence electrons. The summed E-state index contributed by atoms with van der Waals surface area (Å²) >= 11 is 3.56. The highest BCUT2D eigenvalue weighted by Gasteiger charge is 2.30. The Bertz CT molecular complexity index is 556. The lowest BCUT2D eigenvalue weighted by Gasteiger charge is -2.34. The van der Waals surface area contributed by atoms with Gasteiger partial charge in [-0.2, -0.15) is 0 Å². The van der Waals surface area contributed by atoms with Crippen LogP contribution in [0.3, 0.4) is 0 Å².